The topological polar surface area (TPSA) is 76.9 Å². The molecule has 1 aliphatic heterocycles. The smallest absolute Gasteiger partial charge is 0.370 e. The van der Waals surface area contributed by atoms with Crippen LogP contribution in [0.2, 0.25) is 0 Å². The van der Waals surface area contributed by atoms with Gasteiger partial charge in [-0.2, -0.15) is 18.2 Å². The molecule has 33 heavy (non-hydrogen) atoms. The van der Waals surface area contributed by atoms with Gasteiger partial charge in [0, 0.05) is 24.0 Å². The summed E-state index contributed by atoms with van der Waals surface area (Å²) in [5.41, 5.74) is 3.72. The van der Waals surface area contributed by atoms with Gasteiger partial charge in [-0.1, -0.05) is 6.58 Å². The summed E-state index contributed by atoms with van der Waals surface area (Å²) in [5, 5.41) is 0. The van der Waals surface area contributed by atoms with E-state index >= 15 is 0 Å². The van der Waals surface area contributed by atoms with E-state index in [4.69, 9.17) is 4.74 Å². The summed E-state index contributed by atoms with van der Waals surface area (Å²) in [6, 6.07) is 3.88. The fourth-order valence-electron chi connectivity index (χ4n) is 3.68. The fraction of sp³-hybridized carbons (Fsp3) is 0.435. The van der Waals surface area contributed by atoms with Crippen LogP contribution in [-0.4, -0.2) is 50.8 Å². The summed E-state index contributed by atoms with van der Waals surface area (Å²) in [7, 11) is 0. The Balaban J connectivity index is 1.68. The van der Waals surface area contributed by atoms with E-state index in [9.17, 15) is 13.2 Å². The molecular formula is C23H25F3N6O. The second-order valence-electron chi connectivity index (χ2n) is 8.17. The predicted octanol–water partition coefficient (Wildman–Crippen LogP) is 4.37. The molecule has 0 unspecified atom stereocenters. The summed E-state index contributed by atoms with van der Waals surface area (Å²) < 4.78 is 44.9. The first-order chi connectivity index (χ1) is 15.6. The number of anilines is 1. The Kier molecular flexibility index (Phi) is 6.29. The van der Waals surface area contributed by atoms with Crippen molar-refractivity contribution in [3.8, 4) is 0 Å². The SMILES string of the molecule is C=C(CCc1nc(N2CCO[C@H](c3ccnc(C)c3)C2)nc2nc(C)c(C)nc12)C(F)(F)F. The summed E-state index contributed by atoms with van der Waals surface area (Å²) in [6.45, 7) is 10.2. The molecule has 1 atom stereocenters. The van der Waals surface area contributed by atoms with Crippen molar-refractivity contribution in [1.29, 1.82) is 0 Å². The van der Waals surface area contributed by atoms with E-state index in [1.165, 1.54) is 0 Å². The number of aromatic nitrogens is 5. The number of alkyl halides is 3. The molecule has 0 aromatic carbocycles. The number of rotatable bonds is 5. The van der Waals surface area contributed by atoms with E-state index < -0.39 is 11.7 Å². The van der Waals surface area contributed by atoms with Gasteiger partial charge in [-0.25, -0.2) is 15.0 Å². The summed E-state index contributed by atoms with van der Waals surface area (Å²) in [6.07, 6.45) is -3.13. The highest BCUT2D eigenvalue weighted by Crippen LogP contribution is 2.30. The molecule has 1 aliphatic rings. The van der Waals surface area contributed by atoms with Gasteiger partial charge in [-0.3, -0.25) is 4.98 Å². The summed E-state index contributed by atoms with van der Waals surface area (Å²) in [5.74, 6) is 0.409. The molecule has 1 fully saturated rings. The Hall–Kier alpha value is -3.14. The normalized spacial score (nSPS) is 16.9. The van der Waals surface area contributed by atoms with Crippen LogP contribution in [0.25, 0.3) is 11.2 Å². The molecule has 0 aliphatic carbocycles. The minimum atomic E-state index is -4.44. The average Bonchev–Trinajstić information content (AvgIpc) is 2.77. The van der Waals surface area contributed by atoms with Crippen LogP contribution < -0.4 is 4.90 Å². The van der Waals surface area contributed by atoms with Crippen LogP contribution in [0.4, 0.5) is 19.1 Å². The van der Waals surface area contributed by atoms with Gasteiger partial charge in [0.15, 0.2) is 5.65 Å². The van der Waals surface area contributed by atoms with E-state index in [1.807, 2.05) is 30.9 Å². The van der Waals surface area contributed by atoms with E-state index in [2.05, 4.69) is 31.5 Å². The van der Waals surface area contributed by atoms with Crippen LogP contribution >= 0.6 is 0 Å². The second-order valence-corrected chi connectivity index (χ2v) is 8.17. The number of pyridine rings is 1. The van der Waals surface area contributed by atoms with Gasteiger partial charge in [0.25, 0.3) is 0 Å². The summed E-state index contributed by atoms with van der Waals surface area (Å²) >= 11 is 0. The fourth-order valence-corrected chi connectivity index (χ4v) is 3.68. The number of nitrogens with zero attached hydrogens (tertiary/aromatic N) is 6. The zero-order valence-corrected chi connectivity index (χ0v) is 18.8. The van der Waals surface area contributed by atoms with Gasteiger partial charge < -0.3 is 9.64 Å². The Bertz CT molecular complexity index is 1200. The maximum absolute atomic E-state index is 13.0. The quantitative estimate of drug-likeness (QED) is 0.526. The molecule has 0 N–H and O–H groups in total. The molecule has 3 aromatic heterocycles. The lowest BCUT2D eigenvalue weighted by Gasteiger charge is -2.33. The van der Waals surface area contributed by atoms with Crippen molar-refractivity contribution in [2.24, 2.45) is 0 Å². The predicted molar refractivity (Wildman–Crippen MR) is 118 cm³/mol. The number of fused-ring (bicyclic) bond motifs is 1. The van der Waals surface area contributed by atoms with Gasteiger partial charge >= 0.3 is 6.18 Å². The Labute approximate surface area is 189 Å². The molecule has 0 saturated carbocycles. The van der Waals surface area contributed by atoms with Crippen molar-refractivity contribution >= 4 is 17.1 Å². The number of halogens is 3. The monoisotopic (exact) mass is 458 g/mol. The van der Waals surface area contributed by atoms with E-state index in [0.29, 0.717) is 53.9 Å². The lowest BCUT2D eigenvalue weighted by Crippen LogP contribution is -2.39. The number of hydrogen-bond donors (Lipinski definition) is 0. The molecule has 174 valence electrons. The first kappa shape index (κ1) is 23.0. The third-order valence-corrected chi connectivity index (χ3v) is 5.71. The summed E-state index contributed by atoms with van der Waals surface area (Å²) in [4.78, 5) is 24.5. The van der Waals surface area contributed by atoms with Crippen molar-refractivity contribution in [1.82, 2.24) is 24.9 Å². The highest BCUT2D eigenvalue weighted by molar-refractivity contribution is 5.74. The zero-order chi connectivity index (χ0) is 23.8. The third kappa shape index (κ3) is 5.11. The Morgan fingerprint density at radius 3 is 2.64 bits per heavy atom. The molecule has 0 bridgehead atoms. The standard InChI is InChI=1S/C23H25F3N6O/c1-13(23(24,25)26)5-6-18-20-21(29-16(4)15(3)28-20)31-22(30-18)32-9-10-33-19(12-32)17-7-8-27-14(2)11-17/h7-8,11,19H,1,5-6,9-10,12H2,2-4H3/t19-/m0/s1. The molecule has 3 aromatic rings. The highest BCUT2D eigenvalue weighted by atomic mass is 19.4. The first-order valence-electron chi connectivity index (χ1n) is 10.7. The maximum atomic E-state index is 13.0. The Morgan fingerprint density at radius 1 is 1.15 bits per heavy atom. The van der Waals surface area contributed by atoms with Crippen molar-refractivity contribution in [2.75, 3.05) is 24.6 Å². The van der Waals surface area contributed by atoms with Crippen LogP contribution in [0.1, 0.15) is 40.9 Å². The largest absolute Gasteiger partial charge is 0.412 e. The van der Waals surface area contributed by atoms with Crippen molar-refractivity contribution in [2.45, 2.75) is 45.9 Å². The van der Waals surface area contributed by atoms with Crippen LogP contribution in [0.15, 0.2) is 30.5 Å². The minimum Gasteiger partial charge on any atom is -0.370 e. The van der Waals surface area contributed by atoms with Gasteiger partial charge in [-0.15, -0.1) is 0 Å². The van der Waals surface area contributed by atoms with Crippen molar-refractivity contribution in [3.05, 3.63) is 58.8 Å². The number of ether oxygens (including phenoxy) is 1. The van der Waals surface area contributed by atoms with E-state index in [-0.39, 0.29) is 18.9 Å². The first-order valence-corrected chi connectivity index (χ1v) is 10.7. The van der Waals surface area contributed by atoms with Crippen LogP contribution in [0, 0.1) is 20.8 Å². The highest BCUT2D eigenvalue weighted by Gasteiger charge is 2.32. The molecule has 1 saturated heterocycles. The van der Waals surface area contributed by atoms with E-state index in [1.54, 1.807) is 13.1 Å². The number of hydrogen-bond acceptors (Lipinski definition) is 7. The number of aryl methyl sites for hydroxylation is 4. The molecule has 0 radical (unpaired) electrons. The maximum Gasteiger partial charge on any atom is 0.412 e. The molecule has 0 spiro atoms. The molecule has 10 heteroatoms. The van der Waals surface area contributed by atoms with Gasteiger partial charge in [0.05, 0.1) is 30.2 Å². The van der Waals surface area contributed by atoms with Gasteiger partial charge in [-0.05, 0) is 51.3 Å². The third-order valence-electron chi connectivity index (χ3n) is 5.71. The minimum absolute atomic E-state index is 0.0405. The second kappa shape index (κ2) is 9.01. The van der Waals surface area contributed by atoms with Crippen molar-refractivity contribution in [3.63, 3.8) is 0 Å². The van der Waals surface area contributed by atoms with Crippen LogP contribution in [0.3, 0.4) is 0 Å². The van der Waals surface area contributed by atoms with Crippen LogP contribution in [-0.2, 0) is 11.2 Å². The molecular weight excluding hydrogens is 433 g/mol. The van der Waals surface area contributed by atoms with Gasteiger partial charge in [0.1, 0.15) is 11.6 Å². The number of morpholine rings is 1. The molecule has 4 rings (SSSR count). The average molecular weight is 458 g/mol. The Morgan fingerprint density at radius 2 is 1.91 bits per heavy atom. The lowest BCUT2D eigenvalue weighted by atomic mass is 10.1. The lowest BCUT2D eigenvalue weighted by molar-refractivity contribution is -0.0935. The number of allylic oxidation sites excluding steroid dienone is 1. The van der Waals surface area contributed by atoms with E-state index in [0.717, 1.165) is 11.3 Å². The molecule has 0 amide bonds. The molecule has 7 nitrogen and oxygen atoms in total. The van der Waals surface area contributed by atoms with Crippen LogP contribution in [0.5, 0.6) is 0 Å². The van der Waals surface area contributed by atoms with Gasteiger partial charge in [0.2, 0.25) is 5.95 Å². The van der Waals surface area contributed by atoms with Crippen molar-refractivity contribution < 1.29 is 17.9 Å². The molecule has 4 heterocycles. The zero-order valence-electron chi connectivity index (χ0n) is 18.8.